The molecule has 0 heterocycles. The van der Waals surface area contributed by atoms with Crippen molar-refractivity contribution < 1.29 is 14.7 Å². The van der Waals surface area contributed by atoms with E-state index in [1.165, 1.54) is 0 Å². The summed E-state index contributed by atoms with van der Waals surface area (Å²) in [4.78, 5) is 26.7. The molecule has 0 aromatic heterocycles. The van der Waals surface area contributed by atoms with E-state index in [1.54, 1.807) is 0 Å². The largest absolute Gasteiger partial charge is 0.481 e. The molecule has 112 valence electrons. The third kappa shape index (κ3) is 9.47. The van der Waals surface area contributed by atoms with Gasteiger partial charge in [0.2, 0.25) is 5.91 Å². The number of hydrogen-bond donors (Lipinski definition) is 1. The van der Waals surface area contributed by atoms with Crippen LogP contribution in [0.15, 0.2) is 0 Å². The lowest BCUT2D eigenvalue weighted by Crippen LogP contribution is -2.39. The van der Waals surface area contributed by atoms with Gasteiger partial charge in [-0.05, 0) is 25.9 Å². The number of aliphatic carboxylic acids is 1. The van der Waals surface area contributed by atoms with Gasteiger partial charge < -0.3 is 14.9 Å². The fourth-order valence-electron chi connectivity index (χ4n) is 1.88. The lowest BCUT2D eigenvalue weighted by Gasteiger charge is -2.27. The molecular weight excluding hydrogens is 244 g/mol. The van der Waals surface area contributed by atoms with Gasteiger partial charge in [0.15, 0.2) is 0 Å². The minimum atomic E-state index is -0.844. The molecule has 0 aromatic carbocycles. The second kappa shape index (κ2) is 8.91. The molecule has 1 N–H and O–H groups in total. The highest BCUT2D eigenvalue weighted by Crippen LogP contribution is 2.11. The van der Waals surface area contributed by atoms with Crippen molar-refractivity contribution in [3.05, 3.63) is 0 Å². The lowest BCUT2D eigenvalue weighted by atomic mass is 10.0. The monoisotopic (exact) mass is 272 g/mol. The number of amides is 1. The normalized spacial score (nSPS) is 12.8. The zero-order valence-electron chi connectivity index (χ0n) is 12.8. The van der Waals surface area contributed by atoms with Crippen LogP contribution in [0.4, 0.5) is 0 Å². The van der Waals surface area contributed by atoms with Gasteiger partial charge in [-0.2, -0.15) is 0 Å². The molecule has 19 heavy (non-hydrogen) atoms. The second-order valence-electron chi connectivity index (χ2n) is 5.94. The van der Waals surface area contributed by atoms with E-state index in [9.17, 15) is 9.59 Å². The van der Waals surface area contributed by atoms with Crippen molar-refractivity contribution in [1.29, 1.82) is 0 Å². The Labute approximate surface area is 116 Å². The third-order valence-corrected chi connectivity index (χ3v) is 2.80. The number of carboxylic acids is 1. The van der Waals surface area contributed by atoms with Gasteiger partial charge in [-0.1, -0.05) is 20.8 Å². The Balaban J connectivity index is 4.39. The van der Waals surface area contributed by atoms with Gasteiger partial charge in [-0.3, -0.25) is 9.59 Å². The van der Waals surface area contributed by atoms with E-state index in [0.29, 0.717) is 18.9 Å². The fraction of sp³-hybridized carbons (Fsp3) is 0.857. The highest BCUT2D eigenvalue weighted by Gasteiger charge is 2.19. The van der Waals surface area contributed by atoms with Crippen LogP contribution in [-0.4, -0.2) is 60.5 Å². The van der Waals surface area contributed by atoms with Crippen LogP contribution in [0.3, 0.4) is 0 Å². The molecule has 5 heteroatoms. The topological polar surface area (TPSA) is 60.9 Å². The van der Waals surface area contributed by atoms with Crippen LogP contribution in [0, 0.1) is 11.8 Å². The Bertz CT molecular complexity index is 290. The van der Waals surface area contributed by atoms with Crippen molar-refractivity contribution in [2.24, 2.45) is 11.8 Å². The van der Waals surface area contributed by atoms with Gasteiger partial charge >= 0.3 is 5.97 Å². The summed E-state index contributed by atoms with van der Waals surface area (Å²) in [7, 11) is 3.95. The van der Waals surface area contributed by atoms with Crippen LogP contribution < -0.4 is 0 Å². The molecule has 1 atom stereocenters. The maximum absolute atomic E-state index is 12.2. The number of nitrogens with zero attached hydrogens (tertiary/aromatic N) is 2. The van der Waals surface area contributed by atoms with Gasteiger partial charge in [0.05, 0.1) is 0 Å². The van der Waals surface area contributed by atoms with Crippen molar-refractivity contribution in [3.63, 3.8) is 0 Å². The van der Waals surface area contributed by atoms with Gasteiger partial charge in [0.1, 0.15) is 0 Å². The molecule has 1 unspecified atom stereocenters. The SMILES string of the molecule is CC(C)CN(CCN(C)C)C(=O)CC(C)CC(=O)O. The van der Waals surface area contributed by atoms with Gasteiger partial charge in [-0.15, -0.1) is 0 Å². The number of likely N-dealkylation sites (N-methyl/N-ethyl adjacent to an activating group) is 1. The number of carbonyl (C=O) groups is 2. The summed E-state index contributed by atoms with van der Waals surface area (Å²) in [5.74, 6) is -0.479. The lowest BCUT2D eigenvalue weighted by molar-refractivity contribution is -0.138. The molecule has 0 saturated carbocycles. The van der Waals surface area contributed by atoms with Crippen LogP contribution in [0.5, 0.6) is 0 Å². The number of hydrogen-bond acceptors (Lipinski definition) is 3. The quantitative estimate of drug-likeness (QED) is 0.691. The minimum absolute atomic E-state index is 0.0505. The predicted octanol–water partition coefficient (Wildman–Crippen LogP) is 1.53. The zero-order valence-corrected chi connectivity index (χ0v) is 12.8. The van der Waals surface area contributed by atoms with Gasteiger partial charge in [-0.25, -0.2) is 0 Å². The van der Waals surface area contributed by atoms with E-state index < -0.39 is 5.97 Å². The van der Waals surface area contributed by atoms with Crippen molar-refractivity contribution in [3.8, 4) is 0 Å². The Morgan fingerprint density at radius 1 is 1.05 bits per heavy atom. The third-order valence-electron chi connectivity index (χ3n) is 2.80. The molecule has 0 aliphatic carbocycles. The smallest absolute Gasteiger partial charge is 0.303 e. The molecule has 0 fully saturated rings. The minimum Gasteiger partial charge on any atom is -0.481 e. The summed E-state index contributed by atoms with van der Waals surface area (Å²) in [6, 6.07) is 0. The molecule has 1 amide bonds. The predicted molar refractivity (Wildman–Crippen MR) is 76.0 cm³/mol. The molecule has 0 bridgehead atoms. The molecule has 0 aromatic rings. The van der Waals surface area contributed by atoms with E-state index in [-0.39, 0.29) is 18.2 Å². The Morgan fingerprint density at radius 3 is 2.05 bits per heavy atom. The summed E-state index contributed by atoms with van der Waals surface area (Å²) in [6.45, 7) is 8.22. The highest BCUT2D eigenvalue weighted by molar-refractivity contribution is 5.77. The number of rotatable bonds is 9. The molecule has 5 nitrogen and oxygen atoms in total. The number of carboxylic acid groups (broad SMARTS) is 1. The first kappa shape index (κ1) is 17.9. The fourth-order valence-corrected chi connectivity index (χ4v) is 1.88. The van der Waals surface area contributed by atoms with E-state index in [0.717, 1.165) is 13.1 Å². The maximum Gasteiger partial charge on any atom is 0.303 e. The van der Waals surface area contributed by atoms with E-state index >= 15 is 0 Å². The summed E-state index contributed by atoms with van der Waals surface area (Å²) in [5.41, 5.74) is 0. The Morgan fingerprint density at radius 2 is 1.63 bits per heavy atom. The zero-order chi connectivity index (χ0) is 15.0. The molecule has 0 rings (SSSR count). The van der Waals surface area contributed by atoms with Crippen molar-refractivity contribution in [2.45, 2.75) is 33.6 Å². The Hall–Kier alpha value is -1.10. The molecular formula is C14H28N2O3. The second-order valence-corrected chi connectivity index (χ2v) is 5.94. The summed E-state index contributed by atoms with van der Waals surface area (Å²) in [5, 5.41) is 8.73. The van der Waals surface area contributed by atoms with Crippen molar-refractivity contribution >= 4 is 11.9 Å². The Kier molecular flexibility index (Phi) is 8.39. The first-order chi connectivity index (χ1) is 8.72. The van der Waals surface area contributed by atoms with Gasteiger partial charge in [0, 0.05) is 32.5 Å². The first-order valence-corrected chi connectivity index (χ1v) is 6.86. The molecule has 0 spiro atoms. The average Bonchev–Trinajstić information content (AvgIpc) is 2.21. The van der Waals surface area contributed by atoms with Crippen LogP contribution in [0.1, 0.15) is 33.6 Å². The van der Waals surface area contributed by atoms with E-state index in [4.69, 9.17) is 5.11 Å². The van der Waals surface area contributed by atoms with Crippen LogP contribution in [0.25, 0.3) is 0 Å². The summed E-state index contributed by atoms with van der Waals surface area (Å²) < 4.78 is 0. The highest BCUT2D eigenvalue weighted by atomic mass is 16.4. The van der Waals surface area contributed by atoms with Crippen LogP contribution in [-0.2, 0) is 9.59 Å². The van der Waals surface area contributed by atoms with Crippen molar-refractivity contribution in [2.75, 3.05) is 33.7 Å². The van der Waals surface area contributed by atoms with Crippen molar-refractivity contribution in [1.82, 2.24) is 9.80 Å². The summed E-state index contributed by atoms with van der Waals surface area (Å²) in [6.07, 6.45) is 0.362. The maximum atomic E-state index is 12.2. The summed E-state index contributed by atoms with van der Waals surface area (Å²) >= 11 is 0. The average molecular weight is 272 g/mol. The van der Waals surface area contributed by atoms with E-state index in [2.05, 4.69) is 13.8 Å². The van der Waals surface area contributed by atoms with Gasteiger partial charge in [0.25, 0.3) is 0 Å². The van der Waals surface area contributed by atoms with Crippen LogP contribution >= 0.6 is 0 Å². The molecule has 0 radical (unpaired) electrons. The standard InChI is InChI=1S/C14H28N2O3/c1-11(2)10-16(7-6-15(4)5)13(17)8-12(3)9-14(18)19/h11-12H,6-10H2,1-5H3,(H,18,19). The van der Waals surface area contributed by atoms with E-state index in [1.807, 2.05) is 30.8 Å². The van der Waals surface area contributed by atoms with Crippen LogP contribution in [0.2, 0.25) is 0 Å². The molecule has 0 aliphatic heterocycles. The molecule has 0 saturated heterocycles. The number of carbonyl (C=O) groups excluding carboxylic acids is 1. The molecule has 0 aliphatic rings. The first-order valence-electron chi connectivity index (χ1n) is 6.86.